The fraction of sp³-hybridized carbons (Fsp3) is 0.750. The second-order valence-corrected chi connectivity index (χ2v) is 4.74. The first-order chi connectivity index (χ1) is 9.17. The molecule has 0 atom stereocenters. The van der Waals surface area contributed by atoms with Gasteiger partial charge < -0.3 is 9.52 Å². The predicted molar refractivity (Wildman–Crippen MR) is 67.6 cm³/mol. The van der Waals surface area contributed by atoms with Gasteiger partial charge in [-0.2, -0.15) is 0 Å². The molecule has 0 spiro atoms. The van der Waals surface area contributed by atoms with Gasteiger partial charge in [-0.1, -0.05) is 6.92 Å². The molecule has 2 heterocycles. The van der Waals surface area contributed by atoms with Crippen LogP contribution in [0.2, 0.25) is 0 Å². The van der Waals surface area contributed by atoms with Crippen molar-refractivity contribution in [2.45, 2.75) is 26.3 Å². The van der Waals surface area contributed by atoms with E-state index in [0.29, 0.717) is 18.3 Å². The minimum atomic E-state index is -0.766. The van der Waals surface area contributed by atoms with Gasteiger partial charge in [-0.25, -0.2) is 0 Å². The van der Waals surface area contributed by atoms with Crippen molar-refractivity contribution in [1.29, 1.82) is 0 Å². The number of carboxylic acid groups (broad SMARTS) is 1. The Kier molecular flexibility index (Phi) is 4.86. The zero-order valence-electron chi connectivity index (χ0n) is 11.2. The summed E-state index contributed by atoms with van der Waals surface area (Å²) >= 11 is 0. The lowest BCUT2D eigenvalue weighted by Gasteiger charge is -2.19. The van der Waals surface area contributed by atoms with Crippen LogP contribution in [0.1, 0.15) is 25.1 Å². The van der Waals surface area contributed by atoms with Crippen molar-refractivity contribution in [3.63, 3.8) is 0 Å². The first-order valence-electron chi connectivity index (χ1n) is 6.65. The summed E-state index contributed by atoms with van der Waals surface area (Å²) in [5, 5.41) is 16.8. The third-order valence-corrected chi connectivity index (χ3v) is 3.21. The summed E-state index contributed by atoms with van der Waals surface area (Å²) in [4.78, 5) is 14.9. The summed E-state index contributed by atoms with van der Waals surface area (Å²) in [6.07, 6.45) is 1.71. The largest absolute Gasteiger partial charge is 0.480 e. The molecule has 0 saturated carbocycles. The number of aryl methyl sites for hydroxylation is 1. The molecule has 1 saturated heterocycles. The van der Waals surface area contributed by atoms with Crippen LogP contribution >= 0.6 is 0 Å². The van der Waals surface area contributed by atoms with Gasteiger partial charge in [0.05, 0.1) is 13.1 Å². The Balaban J connectivity index is 1.83. The third-order valence-electron chi connectivity index (χ3n) is 3.21. The Bertz CT molecular complexity index is 421. The Morgan fingerprint density at radius 1 is 1.21 bits per heavy atom. The SMILES string of the molecule is CCc1nnc(CN2CCCN(CC(=O)O)CC2)o1. The number of rotatable bonds is 5. The summed E-state index contributed by atoms with van der Waals surface area (Å²) in [6.45, 7) is 6.10. The summed E-state index contributed by atoms with van der Waals surface area (Å²) < 4.78 is 5.50. The number of nitrogens with zero attached hydrogens (tertiary/aromatic N) is 4. The average molecular weight is 268 g/mol. The number of carboxylic acids is 1. The van der Waals surface area contributed by atoms with Crippen LogP contribution in [0.4, 0.5) is 0 Å². The van der Waals surface area contributed by atoms with E-state index in [4.69, 9.17) is 9.52 Å². The standard InChI is InChI=1S/C12H20N4O3/c1-2-10-13-14-11(19-10)8-15-4-3-5-16(7-6-15)9-12(17)18/h2-9H2,1H3,(H,17,18). The van der Waals surface area contributed by atoms with Crippen LogP contribution in [0.25, 0.3) is 0 Å². The van der Waals surface area contributed by atoms with Gasteiger partial charge in [-0.15, -0.1) is 10.2 Å². The smallest absolute Gasteiger partial charge is 0.317 e. The van der Waals surface area contributed by atoms with E-state index in [2.05, 4.69) is 15.1 Å². The van der Waals surface area contributed by atoms with Gasteiger partial charge in [-0.3, -0.25) is 14.6 Å². The quantitative estimate of drug-likeness (QED) is 0.818. The second kappa shape index (κ2) is 6.63. The molecule has 7 heteroatoms. The molecule has 1 fully saturated rings. The molecule has 1 aromatic heterocycles. The molecule has 1 aliphatic heterocycles. The van der Waals surface area contributed by atoms with Crippen LogP contribution in [0, 0.1) is 0 Å². The fourth-order valence-corrected chi connectivity index (χ4v) is 2.22. The molecule has 0 bridgehead atoms. The van der Waals surface area contributed by atoms with E-state index in [0.717, 1.165) is 39.0 Å². The highest BCUT2D eigenvalue weighted by Crippen LogP contribution is 2.08. The molecule has 7 nitrogen and oxygen atoms in total. The number of carbonyl (C=O) groups is 1. The summed E-state index contributed by atoms with van der Waals surface area (Å²) in [6, 6.07) is 0. The topological polar surface area (TPSA) is 82.7 Å². The fourth-order valence-electron chi connectivity index (χ4n) is 2.22. The molecule has 1 aromatic rings. The lowest BCUT2D eigenvalue weighted by atomic mass is 10.4. The molecule has 2 rings (SSSR count). The molecule has 0 radical (unpaired) electrons. The second-order valence-electron chi connectivity index (χ2n) is 4.74. The summed E-state index contributed by atoms with van der Waals surface area (Å²) in [5.41, 5.74) is 0. The highest BCUT2D eigenvalue weighted by atomic mass is 16.4. The molecule has 106 valence electrons. The normalized spacial score (nSPS) is 18.4. The summed E-state index contributed by atoms with van der Waals surface area (Å²) in [5.74, 6) is 0.541. The van der Waals surface area contributed by atoms with Crippen LogP contribution in [0.5, 0.6) is 0 Å². The van der Waals surface area contributed by atoms with E-state index in [1.54, 1.807) is 0 Å². The Hall–Kier alpha value is -1.47. The first-order valence-corrected chi connectivity index (χ1v) is 6.65. The van der Waals surface area contributed by atoms with Gasteiger partial charge in [0, 0.05) is 26.1 Å². The molecule has 0 aliphatic carbocycles. The summed E-state index contributed by atoms with van der Waals surface area (Å²) in [7, 11) is 0. The number of hydrogen-bond donors (Lipinski definition) is 1. The third kappa shape index (κ3) is 4.29. The van der Waals surface area contributed by atoms with Crippen molar-refractivity contribution in [3.8, 4) is 0 Å². The maximum atomic E-state index is 10.7. The van der Waals surface area contributed by atoms with Crippen molar-refractivity contribution in [3.05, 3.63) is 11.8 Å². The number of aliphatic carboxylic acids is 1. The van der Waals surface area contributed by atoms with E-state index in [9.17, 15) is 4.79 Å². The Labute approximate surface area is 112 Å². The Morgan fingerprint density at radius 3 is 2.58 bits per heavy atom. The van der Waals surface area contributed by atoms with Gasteiger partial charge in [0.15, 0.2) is 0 Å². The van der Waals surface area contributed by atoms with E-state index >= 15 is 0 Å². The zero-order chi connectivity index (χ0) is 13.7. The molecule has 0 aromatic carbocycles. The van der Waals surface area contributed by atoms with Crippen molar-refractivity contribution in [2.75, 3.05) is 32.7 Å². The molecule has 1 N–H and O–H groups in total. The monoisotopic (exact) mass is 268 g/mol. The van der Waals surface area contributed by atoms with Crippen molar-refractivity contribution >= 4 is 5.97 Å². The van der Waals surface area contributed by atoms with Crippen LogP contribution in [0.3, 0.4) is 0 Å². The van der Waals surface area contributed by atoms with E-state index in [1.807, 2.05) is 11.8 Å². The minimum absolute atomic E-state index is 0.119. The number of aromatic nitrogens is 2. The van der Waals surface area contributed by atoms with Gasteiger partial charge in [0.2, 0.25) is 11.8 Å². The van der Waals surface area contributed by atoms with E-state index in [-0.39, 0.29) is 6.54 Å². The van der Waals surface area contributed by atoms with Gasteiger partial charge in [-0.05, 0) is 13.0 Å². The molecular formula is C12H20N4O3. The van der Waals surface area contributed by atoms with Crippen LogP contribution in [0.15, 0.2) is 4.42 Å². The van der Waals surface area contributed by atoms with Gasteiger partial charge >= 0.3 is 5.97 Å². The van der Waals surface area contributed by atoms with Gasteiger partial charge in [0.1, 0.15) is 0 Å². The first kappa shape index (κ1) is 14.0. The molecular weight excluding hydrogens is 248 g/mol. The predicted octanol–water partition coefficient (Wildman–Crippen LogP) is 0.224. The highest BCUT2D eigenvalue weighted by Gasteiger charge is 2.18. The highest BCUT2D eigenvalue weighted by molar-refractivity contribution is 5.69. The van der Waals surface area contributed by atoms with E-state index < -0.39 is 5.97 Å². The lowest BCUT2D eigenvalue weighted by Crippen LogP contribution is -2.34. The Morgan fingerprint density at radius 2 is 1.89 bits per heavy atom. The van der Waals surface area contributed by atoms with Crippen molar-refractivity contribution in [2.24, 2.45) is 0 Å². The van der Waals surface area contributed by atoms with Crippen LogP contribution < -0.4 is 0 Å². The van der Waals surface area contributed by atoms with Crippen LogP contribution in [-0.4, -0.2) is 63.8 Å². The van der Waals surface area contributed by atoms with Crippen molar-refractivity contribution < 1.29 is 14.3 Å². The maximum Gasteiger partial charge on any atom is 0.317 e. The molecule has 1 aliphatic rings. The minimum Gasteiger partial charge on any atom is -0.480 e. The average Bonchev–Trinajstić information content (AvgIpc) is 2.71. The number of hydrogen-bond acceptors (Lipinski definition) is 6. The zero-order valence-corrected chi connectivity index (χ0v) is 11.2. The van der Waals surface area contributed by atoms with E-state index in [1.165, 1.54) is 0 Å². The molecule has 19 heavy (non-hydrogen) atoms. The van der Waals surface area contributed by atoms with Gasteiger partial charge in [0.25, 0.3) is 0 Å². The maximum absolute atomic E-state index is 10.7. The molecule has 0 amide bonds. The lowest BCUT2D eigenvalue weighted by molar-refractivity contribution is -0.138. The molecule has 0 unspecified atom stereocenters. The van der Waals surface area contributed by atoms with Crippen molar-refractivity contribution in [1.82, 2.24) is 20.0 Å². The van der Waals surface area contributed by atoms with Crippen LogP contribution in [-0.2, 0) is 17.8 Å².